The van der Waals surface area contributed by atoms with Crippen molar-refractivity contribution in [2.75, 3.05) is 0 Å². The van der Waals surface area contributed by atoms with Crippen LogP contribution in [0.1, 0.15) is 24.0 Å². The average molecular weight is 738 g/mol. The van der Waals surface area contributed by atoms with Gasteiger partial charge in [0, 0.05) is 44.6 Å². The third-order valence-corrected chi connectivity index (χ3v) is 7.81. The smallest absolute Gasteiger partial charge is 0.148 e. The molecule has 0 aliphatic carbocycles. The Bertz CT molecular complexity index is 2000. The van der Waals surface area contributed by atoms with E-state index in [0.717, 1.165) is 39.1 Å². The molecule has 0 fully saturated rings. The number of nitrogens with zero attached hydrogens (tertiary/aromatic N) is 3. The van der Waals surface area contributed by atoms with Crippen molar-refractivity contribution in [1.29, 1.82) is 0 Å². The summed E-state index contributed by atoms with van der Waals surface area (Å²) in [6.45, 7) is 2.23. The predicted molar refractivity (Wildman–Crippen MR) is 170 cm³/mol. The first-order valence-electron chi connectivity index (χ1n) is 14.1. The van der Waals surface area contributed by atoms with E-state index in [0.29, 0.717) is 11.4 Å². The standard InChI is InChI=1S/C38H28N3O.Pt/c1-26(27-11-3-2-4-12-27)28-20-22-31(23-21-28)41-35-18-10-16-32(37(35)40-38(41)33-15-5-6-19-36(33)42)29-13-9-14-30(25-29)34-17-7-8-24-39-34;/h2-24,26,42H,1H3;/q-1;. The van der Waals surface area contributed by atoms with E-state index in [-0.39, 0.29) is 32.7 Å². The summed E-state index contributed by atoms with van der Waals surface area (Å²) >= 11 is 0. The van der Waals surface area contributed by atoms with Gasteiger partial charge in [0.05, 0.1) is 16.6 Å². The Hall–Kier alpha value is -4.79. The van der Waals surface area contributed by atoms with Crippen molar-refractivity contribution >= 4 is 11.0 Å². The van der Waals surface area contributed by atoms with E-state index in [1.54, 1.807) is 12.3 Å². The van der Waals surface area contributed by atoms with Crippen LogP contribution >= 0.6 is 0 Å². The molecule has 0 saturated heterocycles. The number of aromatic hydroxyl groups is 1. The Labute approximate surface area is 265 Å². The minimum Gasteiger partial charge on any atom is -0.507 e. The zero-order chi connectivity index (χ0) is 28.5. The molecule has 7 aromatic rings. The molecule has 2 aromatic heterocycles. The molecule has 4 nitrogen and oxygen atoms in total. The van der Waals surface area contributed by atoms with Crippen LogP contribution in [0.4, 0.5) is 0 Å². The van der Waals surface area contributed by atoms with Crippen LogP contribution in [-0.4, -0.2) is 19.6 Å². The summed E-state index contributed by atoms with van der Waals surface area (Å²) in [7, 11) is 0. The van der Waals surface area contributed by atoms with Crippen molar-refractivity contribution in [2.24, 2.45) is 0 Å². The van der Waals surface area contributed by atoms with Gasteiger partial charge in [-0.25, -0.2) is 4.98 Å². The van der Waals surface area contributed by atoms with Gasteiger partial charge >= 0.3 is 0 Å². The summed E-state index contributed by atoms with van der Waals surface area (Å²) in [4.78, 5) is 9.68. The van der Waals surface area contributed by atoms with Gasteiger partial charge in [0.1, 0.15) is 11.6 Å². The molecule has 2 heterocycles. The van der Waals surface area contributed by atoms with Gasteiger partial charge in [-0.1, -0.05) is 96.9 Å². The van der Waals surface area contributed by atoms with E-state index in [1.165, 1.54) is 11.1 Å². The number of hydrogen-bond acceptors (Lipinski definition) is 3. The van der Waals surface area contributed by atoms with Gasteiger partial charge in [-0.3, -0.25) is 9.55 Å². The van der Waals surface area contributed by atoms with E-state index in [9.17, 15) is 5.11 Å². The molecule has 7 rings (SSSR count). The van der Waals surface area contributed by atoms with Crippen LogP contribution in [-0.2, 0) is 21.1 Å². The molecular weight excluding hydrogens is 710 g/mol. The van der Waals surface area contributed by atoms with E-state index < -0.39 is 0 Å². The van der Waals surface area contributed by atoms with Crippen LogP contribution in [0, 0.1) is 6.07 Å². The number of phenols is 1. The number of rotatable bonds is 6. The molecule has 0 aliphatic rings. The molecule has 0 aliphatic heterocycles. The zero-order valence-corrected chi connectivity index (χ0v) is 25.7. The van der Waals surface area contributed by atoms with Gasteiger partial charge in [-0.15, -0.1) is 29.8 Å². The number of phenolic OH excluding ortho intramolecular Hbond substituents is 1. The Balaban J connectivity index is 0.00000329. The maximum absolute atomic E-state index is 10.9. The molecule has 0 bridgehead atoms. The van der Waals surface area contributed by atoms with Crippen molar-refractivity contribution in [3.63, 3.8) is 0 Å². The molecule has 5 aromatic carbocycles. The second-order valence-electron chi connectivity index (χ2n) is 10.4. The largest absolute Gasteiger partial charge is 0.507 e. The normalized spacial score (nSPS) is 11.7. The van der Waals surface area contributed by atoms with Crippen LogP contribution < -0.4 is 0 Å². The van der Waals surface area contributed by atoms with Crippen molar-refractivity contribution in [3.05, 3.63) is 157 Å². The predicted octanol–water partition coefficient (Wildman–Crippen LogP) is 9.08. The van der Waals surface area contributed by atoms with Crippen molar-refractivity contribution in [2.45, 2.75) is 12.8 Å². The number of fused-ring (bicyclic) bond motifs is 1. The molecule has 1 N–H and O–H groups in total. The summed E-state index contributed by atoms with van der Waals surface area (Å²) in [5, 5.41) is 10.9. The molecule has 1 atom stereocenters. The van der Waals surface area contributed by atoms with Crippen LogP contribution in [0.25, 0.3) is 50.5 Å². The first-order chi connectivity index (χ1) is 20.7. The summed E-state index contributed by atoms with van der Waals surface area (Å²) in [6, 6.07) is 48.3. The van der Waals surface area contributed by atoms with Gasteiger partial charge in [-0.05, 0) is 47.5 Å². The summed E-state index contributed by atoms with van der Waals surface area (Å²) < 4.78 is 2.13. The maximum atomic E-state index is 10.9. The van der Waals surface area contributed by atoms with Crippen LogP contribution in [0.5, 0.6) is 5.75 Å². The number of aromatic nitrogens is 3. The fraction of sp³-hybridized carbons (Fsp3) is 0.0526. The minimum absolute atomic E-state index is 0. The molecule has 0 saturated carbocycles. The Morgan fingerprint density at radius 3 is 2.09 bits per heavy atom. The third-order valence-electron chi connectivity index (χ3n) is 7.81. The quantitative estimate of drug-likeness (QED) is 0.173. The molecule has 0 spiro atoms. The minimum atomic E-state index is 0. The van der Waals surface area contributed by atoms with Crippen LogP contribution in [0.2, 0.25) is 0 Å². The van der Waals surface area contributed by atoms with Crippen LogP contribution in [0.15, 0.2) is 140 Å². The van der Waals surface area contributed by atoms with Gasteiger partial charge < -0.3 is 5.11 Å². The van der Waals surface area contributed by atoms with Gasteiger partial charge in [0.2, 0.25) is 0 Å². The Morgan fingerprint density at radius 2 is 1.33 bits per heavy atom. The third kappa shape index (κ3) is 5.42. The number of hydrogen-bond donors (Lipinski definition) is 1. The zero-order valence-electron chi connectivity index (χ0n) is 23.5. The number of para-hydroxylation sites is 2. The fourth-order valence-electron chi connectivity index (χ4n) is 5.57. The van der Waals surface area contributed by atoms with Gasteiger partial charge in [0.15, 0.2) is 0 Å². The molecule has 0 radical (unpaired) electrons. The van der Waals surface area contributed by atoms with Crippen molar-refractivity contribution in [3.8, 4) is 45.2 Å². The van der Waals surface area contributed by atoms with Crippen molar-refractivity contribution in [1.82, 2.24) is 14.5 Å². The monoisotopic (exact) mass is 737 g/mol. The first-order valence-corrected chi connectivity index (χ1v) is 14.1. The molecule has 0 amide bonds. The second kappa shape index (κ2) is 12.2. The number of pyridine rings is 1. The second-order valence-corrected chi connectivity index (χ2v) is 10.4. The SMILES string of the molecule is CC(c1ccccc1)c1ccc(-n2c(-c3ccccc3O)nc3c(-c4[c-]c(-c5ccccn5)ccc4)cccc32)cc1.[Pt]. The average Bonchev–Trinajstić information content (AvgIpc) is 3.45. The van der Waals surface area contributed by atoms with E-state index in [4.69, 9.17) is 4.98 Å². The Kier molecular flexibility index (Phi) is 8.05. The number of benzene rings is 5. The van der Waals surface area contributed by atoms with E-state index in [2.05, 4.69) is 95.3 Å². The topological polar surface area (TPSA) is 50.9 Å². The van der Waals surface area contributed by atoms with E-state index >= 15 is 0 Å². The summed E-state index contributed by atoms with van der Waals surface area (Å²) in [6.07, 6.45) is 1.79. The van der Waals surface area contributed by atoms with Crippen molar-refractivity contribution < 1.29 is 26.2 Å². The van der Waals surface area contributed by atoms with Gasteiger partial charge in [0.25, 0.3) is 0 Å². The molecule has 212 valence electrons. The summed E-state index contributed by atoms with van der Waals surface area (Å²) in [5.41, 5.74) is 9.65. The molecule has 1 unspecified atom stereocenters. The molecule has 5 heteroatoms. The van der Waals surface area contributed by atoms with Gasteiger partial charge in [-0.2, -0.15) is 0 Å². The molecule has 43 heavy (non-hydrogen) atoms. The first kappa shape index (κ1) is 28.3. The Morgan fingerprint density at radius 1 is 0.651 bits per heavy atom. The number of imidazole rings is 1. The van der Waals surface area contributed by atoms with Crippen LogP contribution in [0.3, 0.4) is 0 Å². The van der Waals surface area contributed by atoms with E-state index in [1.807, 2.05) is 54.6 Å². The maximum Gasteiger partial charge on any atom is 0.148 e. The summed E-state index contributed by atoms with van der Waals surface area (Å²) in [5.74, 6) is 1.14. The fourth-order valence-corrected chi connectivity index (χ4v) is 5.57. The molecular formula is C38H28N3OPt-.